The molecule has 0 atom stereocenters. The van der Waals surface area contributed by atoms with Crippen molar-refractivity contribution in [1.82, 2.24) is 9.55 Å². The fourth-order valence-electron chi connectivity index (χ4n) is 1.83. The molecule has 1 aromatic carbocycles. The van der Waals surface area contributed by atoms with E-state index in [2.05, 4.69) is 4.98 Å². The fraction of sp³-hybridized carbons (Fsp3) is 0.333. The van der Waals surface area contributed by atoms with Crippen LogP contribution in [0.3, 0.4) is 0 Å². The van der Waals surface area contributed by atoms with E-state index < -0.39 is 11.6 Å². The van der Waals surface area contributed by atoms with Crippen LogP contribution in [-0.2, 0) is 13.0 Å². The molecule has 0 radical (unpaired) electrons. The number of hydrogen-bond donors (Lipinski definition) is 0. The van der Waals surface area contributed by atoms with Crippen LogP contribution in [0.4, 0.5) is 8.78 Å². The summed E-state index contributed by atoms with van der Waals surface area (Å²) in [5, 5.41) is 0. The number of aryl methyl sites for hydroxylation is 2. The third-order valence-corrected chi connectivity index (χ3v) is 2.71. The molecule has 3 nitrogen and oxygen atoms in total. The van der Waals surface area contributed by atoms with Crippen LogP contribution in [0.2, 0.25) is 0 Å². The van der Waals surface area contributed by atoms with Gasteiger partial charge < -0.3 is 4.57 Å². The van der Waals surface area contributed by atoms with Crippen molar-refractivity contribution in [3.63, 3.8) is 0 Å². The van der Waals surface area contributed by atoms with E-state index in [-0.39, 0.29) is 5.56 Å². The van der Waals surface area contributed by atoms with Crippen molar-refractivity contribution in [3.05, 3.63) is 39.8 Å². The van der Waals surface area contributed by atoms with Gasteiger partial charge in [-0.25, -0.2) is 13.8 Å². The van der Waals surface area contributed by atoms with Crippen molar-refractivity contribution >= 4 is 11.0 Å². The lowest BCUT2D eigenvalue weighted by Crippen LogP contribution is -2.25. The predicted molar refractivity (Wildman–Crippen MR) is 61.0 cm³/mol. The Kier molecular flexibility index (Phi) is 2.92. The molecular weight excluding hydrogens is 226 g/mol. The first-order chi connectivity index (χ1) is 8.08. The van der Waals surface area contributed by atoms with Gasteiger partial charge >= 0.3 is 0 Å². The maximum absolute atomic E-state index is 13.2. The van der Waals surface area contributed by atoms with E-state index in [1.807, 2.05) is 0 Å². The summed E-state index contributed by atoms with van der Waals surface area (Å²) < 4.78 is 27.7. The first-order valence-electron chi connectivity index (χ1n) is 5.47. The molecule has 0 unspecified atom stereocenters. The third-order valence-electron chi connectivity index (χ3n) is 2.71. The molecule has 0 saturated carbocycles. The molecule has 0 aliphatic heterocycles. The summed E-state index contributed by atoms with van der Waals surface area (Å²) >= 11 is 0. The van der Waals surface area contributed by atoms with Gasteiger partial charge in [0.05, 0.1) is 11.0 Å². The highest BCUT2D eigenvalue weighted by atomic mass is 19.2. The Bertz CT molecular complexity index is 634. The molecule has 2 rings (SSSR count). The average Bonchev–Trinajstić information content (AvgIpc) is 2.31. The monoisotopic (exact) mass is 238 g/mol. The van der Waals surface area contributed by atoms with Gasteiger partial charge in [-0.05, 0) is 13.3 Å². The molecule has 0 fully saturated rings. The van der Waals surface area contributed by atoms with Crippen LogP contribution in [0.25, 0.3) is 11.0 Å². The molecule has 0 amide bonds. The van der Waals surface area contributed by atoms with E-state index in [4.69, 9.17) is 0 Å². The Labute approximate surface area is 96.7 Å². The summed E-state index contributed by atoms with van der Waals surface area (Å²) in [4.78, 5) is 16.0. The predicted octanol–water partition coefficient (Wildman–Crippen LogP) is 2.26. The highest BCUT2D eigenvalue weighted by molar-refractivity contribution is 5.75. The number of nitrogens with zero attached hydrogens (tertiary/aromatic N) is 2. The summed E-state index contributed by atoms with van der Waals surface area (Å²) in [6, 6.07) is 2.04. The van der Waals surface area contributed by atoms with Crippen molar-refractivity contribution in [3.8, 4) is 0 Å². The smallest absolute Gasteiger partial charge is 0.272 e. The second kappa shape index (κ2) is 4.24. The lowest BCUT2D eigenvalue weighted by molar-refractivity contribution is 0.509. The number of aromatic nitrogens is 2. The summed E-state index contributed by atoms with van der Waals surface area (Å²) in [6.07, 6.45) is 0.466. The number of rotatable bonds is 2. The maximum atomic E-state index is 13.2. The third kappa shape index (κ3) is 1.81. The molecule has 1 aromatic heterocycles. The van der Waals surface area contributed by atoms with Crippen molar-refractivity contribution in [2.45, 2.75) is 26.8 Å². The summed E-state index contributed by atoms with van der Waals surface area (Å²) in [6.45, 7) is 3.98. The maximum Gasteiger partial charge on any atom is 0.272 e. The normalized spacial score (nSPS) is 11.1. The second-order valence-corrected chi connectivity index (χ2v) is 3.72. The summed E-state index contributed by atoms with van der Waals surface area (Å²) in [5.74, 6) is -1.92. The van der Waals surface area contributed by atoms with Crippen molar-refractivity contribution in [1.29, 1.82) is 0 Å². The van der Waals surface area contributed by atoms with Crippen LogP contribution in [0.5, 0.6) is 0 Å². The topological polar surface area (TPSA) is 34.9 Å². The minimum absolute atomic E-state index is 0.242. The van der Waals surface area contributed by atoms with Crippen LogP contribution < -0.4 is 5.56 Å². The Morgan fingerprint density at radius 1 is 1.24 bits per heavy atom. The number of fused-ring (bicyclic) bond motifs is 1. The van der Waals surface area contributed by atoms with Gasteiger partial charge in [-0.15, -0.1) is 0 Å². The van der Waals surface area contributed by atoms with Crippen LogP contribution in [0, 0.1) is 11.6 Å². The summed E-state index contributed by atoms with van der Waals surface area (Å²) in [5.41, 5.74) is 0.759. The Hall–Kier alpha value is -1.78. The van der Waals surface area contributed by atoms with E-state index in [9.17, 15) is 13.6 Å². The van der Waals surface area contributed by atoms with Crippen LogP contribution in [-0.4, -0.2) is 9.55 Å². The minimum Gasteiger partial charge on any atom is -0.305 e. The lowest BCUT2D eigenvalue weighted by Gasteiger charge is -2.09. The summed E-state index contributed by atoms with van der Waals surface area (Å²) in [7, 11) is 0. The lowest BCUT2D eigenvalue weighted by atomic mass is 10.2. The SMILES string of the molecule is CCc1nc2cc(F)c(F)cc2n(CC)c1=O. The molecule has 0 aliphatic carbocycles. The minimum atomic E-state index is -0.967. The molecule has 0 N–H and O–H groups in total. The van der Waals surface area contributed by atoms with Crippen molar-refractivity contribution in [2.24, 2.45) is 0 Å². The Morgan fingerprint density at radius 2 is 1.88 bits per heavy atom. The largest absolute Gasteiger partial charge is 0.305 e. The van der Waals surface area contributed by atoms with E-state index in [0.717, 1.165) is 12.1 Å². The van der Waals surface area contributed by atoms with Crippen LogP contribution in [0.1, 0.15) is 19.5 Å². The zero-order valence-electron chi connectivity index (χ0n) is 9.63. The highest BCUT2D eigenvalue weighted by Gasteiger charge is 2.12. The van der Waals surface area contributed by atoms with Gasteiger partial charge in [0.1, 0.15) is 5.69 Å². The fourth-order valence-corrected chi connectivity index (χ4v) is 1.83. The van der Waals surface area contributed by atoms with Crippen molar-refractivity contribution in [2.75, 3.05) is 0 Å². The molecule has 17 heavy (non-hydrogen) atoms. The standard InChI is InChI=1S/C12H12F2N2O/c1-3-9-12(17)16(4-2)11-6-8(14)7(13)5-10(11)15-9/h5-6H,3-4H2,1-2H3. The first-order valence-corrected chi connectivity index (χ1v) is 5.47. The van der Waals surface area contributed by atoms with Gasteiger partial charge in [0, 0.05) is 18.7 Å². The highest BCUT2D eigenvalue weighted by Crippen LogP contribution is 2.16. The van der Waals surface area contributed by atoms with Crippen LogP contribution >= 0.6 is 0 Å². The van der Waals surface area contributed by atoms with Gasteiger partial charge in [0.2, 0.25) is 0 Å². The first kappa shape index (κ1) is 11.7. The quantitative estimate of drug-likeness (QED) is 0.804. The number of benzene rings is 1. The second-order valence-electron chi connectivity index (χ2n) is 3.72. The van der Waals surface area contributed by atoms with Gasteiger partial charge in [-0.1, -0.05) is 6.92 Å². The van der Waals surface area contributed by atoms with Gasteiger partial charge in [0.25, 0.3) is 5.56 Å². The van der Waals surface area contributed by atoms with Gasteiger partial charge in [-0.2, -0.15) is 0 Å². The number of hydrogen-bond acceptors (Lipinski definition) is 2. The Morgan fingerprint density at radius 3 is 2.47 bits per heavy atom. The molecular formula is C12H12F2N2O. The zero-order chi connectivity index (χ0) is 12.6. The molecule has 0 aliphatic rings. The molecule has 0 spiro atoms. The zero-order valence-corrected chi connectivity index (χ0v) is 9.63. The van der Waals surface area contributed by atoms with Gasteiger partial charge in [0.15, 0.2) is 11.6 Å². The number of halogens is 2. The van der Waals surface area contributed by atoms with E-state index in [1.165, 1.54) is 4.57 Å². The molecule has 0 bridgehead atoms. The van der Waals surface area contributed by atoms with E-state index >= 15 is 0 Å². The van der Waals surface area contributed by atoms with Crippen LogP contribution in [0.15, 0.2) is 16.9 Å². The Balaban J connectivity index is 2.93. The average molecular weight is 238 g/mol. The van der Waals surface area contributed by atoms with Gasteiger partial charge in [-0.3, -0.25) is 4.79 Å². The molecule has 0 saturated heterocycles. The molecule has 2 aromatic rings. The van der Waals surface area contributed by atoms with E-state index in [1.54, 1.807) is 13.8 Å². The van der Waals surface area contributed by atoms with E-state index in [0.29, 0.717) is 29.7 Å². The molecule has 90 valence electrons. The van der Waals surface area contributed by atoms with Crippen molar-refractivity contribution < 1.29 is 8.78 Å². The molecule has 1 heterocycles. The molecule has 5 heteroatoms.